The van der Waals surface area contributed by atoms with E-state index in [9.17, 15) is 24.6 Å². The molecule has 1 fully saturated rings. The fourth-order valence-electron chi connectivity index (χ4n) is 2.85. The van der Waals surface area contributed by atoms with E-state index in [1.165, 1.54) is 12.1 Å². The highest BCUT2D eigenvalue weighted by Gasteiger charge is 2.33. The van der Waals surface area contributed by atoms with E-state index in [1.54, 1.807) is 6.08 Å². The number of hydrogen-bond acceptors (Lipinski definition) is 6. The minimum Gasteiger partial charge on any atom is -0.508 e. The Balaban J connectivity index is 1.71. The van der Waals surface area contributed by atoms with Crippen molar-refractivity contribution in [1.29, 1.82) is 0 Å². The van der Waals surface area contributed by atoms with Gasteiger partial charge in [-0.3, -0.25) is 14.5 Å². The van der Waals surface area contributed by atoms with Gasteiger partial charge in [0.1, 0.15) is 16.6 Å². The third-order valence-corrected chi connectivity index (χ3v) is 5.61. The van der Waals surface area contributed by atoms with Gasteiger partial charge in [0.25, 0.3) is 5.91 Å². The Labute approximate surface area is 188 Å². The summed E-state index contributed by atoms with van der Waals surface area (Å²) in [5, 5.41) is 21.1. The van der Waals surface area contributed by atoms with E-state index in [-0.39, 0.29) is 27.9 Å². The standard InChI is InChI=1S/C22H18N2O5S2/c1-13(9-14-5-3-2-4-6-14)10-18-20(27)24(22(30)31-18)12-19(26)23-17-8-7-15(25)11-16(17)21(28)29/h2-11,25H,12H2,1H3,(H,23,26)(H,28,29)/b13-9+,18-10-. The number of aromatic carboxylic acids is 1. The molecule has 0 atom stereocenters. The SMILES string of the molecule is CC(/C=C1\SC(=S)N(CC(=O)Nc2ccc(O)cc2C(=O)O)C1=O)=C\c1ccccc1. The molecule has 0 aliphatic carbocycles. The molecule has 2 aromatic rings. The molecule has 1 heterocycles. The quantitative estimate of drug-likeness (QED) is 0.345. The number of nitrogens with zero attached hydrogens (tertiary/aromatic N) is 1. The molecular weight excluding hydrogens is 436 g/mol. The average molecular weight is 455 g/mol. The topological polar surface area (TPSA) is 107 Å². The van der Waals surface area contributed by atoms with Crippen molar-refractivity contribution >= 4 is 57.8 Å². The van der Waals surface area contributed by atoms with Crippen LogP contribution in [0.15, 0.2) is 65.1 Å². The van der Waals surface area contributed by atoms with Crippen molar-refractivity contribution in [3.8, 4) is 5.75 Å². The van der Waals surface area contributed by atoms with E-state index < -0.39 is 17.8 Å². The van der Waals surface area contributed by atoms with Gasteiger partial charge in [-0.1, -0.05) is 60.4 Å². The predicted molar refractivity (Wildman–Crippen MR) is 124 cm³/mol. The smallest absolute Gasteiger partial charge is 0.337 e. The normalized spacial score (nSPS) is 15.5. The number of aromatic hydroxyl groups is 1. The van der Waals surface area contributed by atoms with Crippen molar-refractivity contribution in [2.45, 2.75) is 6.92 Å². The van der Waals surface area contributed by atoms with E-state index >= 15 is 0 Å². The maximum atomic E-state index is 12.7. The van der Waals surface area contributed by atoms with Crippen LogP contribution in [-0.2, 0) is 9.59 Å². The number of nitrogens with one attached hydrogen (secondary N) is 1. The third-order valence-electron chi connectivity index (χ3n) is 4.24. The Morgan fingerprint density at radius 2 is 1.90 bits per heavy atom. The molecular formula is C22H18N2O5S2. The molecule has 1 aliphatic rings. The lowest BCUT2D eigenvalue weighted by Gasteiger charge is -2.15. The lowest BCUT2D eigenvalue weighted by molar-refractivity contribution is -0.126. The molecule has 0 aromatic heterocycles. The molecule has 1 saturated heterocycles. The number of carboxylic acids is 1. The van der Waals surface area contributed by atoms with Crippen LogP contribution in [0.4, 0.5) is 5.69 Å². The summed E-state index contributed by atoms with van der Waals surface area (Å²) in [6, 6.07) is 13.2. The number of amides is 2. The van der Waals surface area contributed by atoms with Crippen molar-refractivity contribution in [3.05, 3.63) is 76.2 Å². The molecule has 0 spiro atoms. The first-order chi connectivity index (χ1) is 14.7. The molecule has 2 amide bonds. The van der Waals surface area contributed by atoms with Gasteiger partial charge in [0.15, 0.2) is 0 Å². The number of anilines is 1. The Bertz CT molecular complexity index is 1130. The summed E-state index contributed by atoms with van der Waals surface area (Å²) in [6.45, 7) is 1.51. The maximum absolute atomic E-state index is 12.7. The molecule has 31 heavy (non-hydrogen) atoms. The number of thioether (sulfide) groups is 1. The number of allylic oxidation sites excluding steroid dienone is 2. The van der Waals surface area contributed by atoms with Crippen LogP contribution in [0.1, 0.15) is 22.8 Å². The van der Waals surface area contributed by atoms with Gasteiger partial charge in [-0.2, -0.15) is 0 Å². The number of hydrogen-bond donors (Lipinski definition) is 3. The molecule has 9 heteroatoms. The molecule has 0 unspecified atom stereocenters. The fraction of sp³-hybridized carbons (Fsp3) is 0.0909. The second-order valence-corrected chi connectivity index (χ2v) is 8.33. The van der Waals surface area contributed by atoms with E-state index in [0.29, 0.717) is 4.91 Å². The summed E-state index contributed by atoms with van der Waals surface area (Å²) >= 11 is 6.35. The van der Waals surface area contributed by atoms with Gasteiger partial charge >= 0.3 is 5.97 Å². The largest absolute Gasteiger partial charge is 0.508 e. The number of carbonyl (C=O) groups excluding carboxylic acids is 2. The van der Waals surface area contributed by atoms with E-state index in [0.717, 1.165) is 33.9 Å². The van der Waals surface area contributed by atoms with Gasteiger partial charge in [-0.15, -0.1) is 0 Å². The highest BCUT2D eigenvalue weighted by Crippen LogP contribution is 2.32. The second-order valence-electron chi connectivity index (χ2n) is 6.65. The Hall–Kier alpha value is -3.43. The fourth-order valence-corrected chi connectivity index (χ4v) is 4.15. The summed E-state index contributed by atoms with van der Waals surface area (Å²) in [5.74, 6) is -2.55. The molecule has 3 rings (SSSR count). The Morgan fingerprint density at radius 1 is 1.19 bits per heavy atom. The highest BCUT2D eigenvalue weighted by atomic mass is 32.2. The van der Waals surface area contributed by atoms with Crippen molar-refractivity contribution in [2.24, 2.45) is 0 Å². The van der Waals surface area contributed by atoms with E-state index in [2.05, 4.69) is 5.32 Å². The first-order valence-electron chi connectivity index (χ1n) is 9.09. The molecule has 0 saturated carbocycles. The van der Waals surface area contributed by atoms with Crippen molar-refractivity contribution in [2.75, 3.05) is 11.9 Å². The number of rotatable bonds is 6. The predicted octanol–water partition coefficient (Wildman–Crippen LogP) is 3.88. The highest BCUT2D eigenvalue weighted by molar-refractivity contribution is 8.26. The van der Waals surface area contributed by atoms with Gasteiger partial charge in [-0.25, -0.2) is 4.79 Å². The molecule has 158 valence electrons. The Kier molecular flexibility index (Phi) is 6.88. The summed E-state index contributed by atoms with van der Waals surface area (Å²) in [7, 11) is 0. The zero-order chi connectivity index (χ0) is 22.5. The monoisotopic (exact) mass is 454 g/mol. The van der Waals surface area contributed by atoms with Crippen LogP contribution in [0.3, 0.4) is 0 Å². The second kappa shape index (κ2) is 9.59. The molecule has 3 N–H and O–H groups in total. The minimum absolute atomic E-state index is 0.0120. The van der Waals surface area contributed by atoms with Crippen LogP contribution in [0, 0.1) is 0 Å². The summed E-state index contributed by atoms with van der Waals surface area (Å²) in [4.78, 5) is 38.0. The van der Waals surface area contributed by atoms with Gasteiger partial charge in [-0.05, 0) is 42.3 Å². The third kappa shape index (κ3) is 5.59. The number of carbonyl (C=O) groups is 3. The van der Waals surface area contributed by atoms with Crippen LogP contribution >= 0.6 is 24.0 Å². The van der Waals surface area contributed by atoms with Crippen LogP contribution in [0.5, 0.6) is 5.75 Å². The van der Waals surface area contributed by atoms with Crippen LogP contribution in [-0.4, -0.2) is 43.8 Å². The summed E-state index contributed by atoms with van der Waals surface area (Å²) < 4.78 is 0.239. The minimum atomic E-state index is -1.31. The van der Waals surface area contributed by atoms with Crippen LogP contribution in [0.2, 0.25) is 0 Å². The molecule has 7 nitrogen and oxygen atoms in total. The molecule has 0 radical (unpaired) electrons. The van der Waals surface area contributed by atoms with Crippen LogP contribution in [0.25, 0.3) is 6.08 Å². The van der Waals surface area contributed by atoms with Gasteiger partial charge in [0.05, 0.1) is 16.2 Å². The lowest BCUT2D eigenvalue weighted by atomic mass is 10.1. The number of benzene rings is 2. The zero-order valence-corrected chi connectivity index (χ0v) is 18.0. The average Bonchev–Trinajstić information content (AvgIpc) is 2.97. The molecule has 0 bridgehead atoms. The molecule has 1 aliphatic heterocycles. The van der Waals surface area contributed by atoms with Crippen molar-refractivity contribution < 1.29 is 24.6 Å². The molecule has 2 aromatic carbocycles. The first-order valence-corrected chi connectivity index (χ1v) is 10.3. The lowest BCUT2D eigenvalue weighted by Crippen LogP contribution is -2.36. The number of phenolic OH excluding ortho intramolecular Hbond substituents is 1. The number of carboxylic acid groups (broad SMARTS) is 1. The first kappa shape index (κ1) is 22.3. The summed E-state index contributed by atoms with van der Waals surface area (Å²) in [5.41, 5.74) is 1.60. The van der Waals surface area contributed by atoms with Gasteiger partial charge in [0, 0.05) is 0 Å². The van der Waals surface area contributed by atoms with Crippen molar-refractivity contribution in [3.63, 3.8) is 0 Å². The van der Waals surface area contributed by atoms with E-state index in [1.807, 2.05) is 43.3 Å². The number of phenols is 1. The van der Waals surface area contributed by atoms with Crippen molar-refractivity contribution in [1.82, 2.24) is 4.90 Å². The Morgan fingerprint density at radius 3 is 2.58 bits per heavy atom. The van der Waals surface area contributed by atoms with Gasteiger partial charge in [0.2, 0.25) is 5.91 Å². The zero-order valence-electron chi connectivity index (χ0n) is 16.4. The summed E-state index contributed by atoms with van der Waals surface area (Å²) in [6.07, 6.45) is 3.64. The van der Waals surface area contributed by atoms with Gasteiger partial charge < -0.3 is 15.5 Å². The number of thiocarbonyl (C=S) groups is 1. The van der Waals surface area contributed by atoms with Crippen LogP contribution < -0.4 is 5.32 Å². The maximum Gasteiger partial charge on any atom is 0.337 e. The van der Waals surface area contributed by atoms with E-state index in [4.69, 9.17) is 12.2 Å².